The third kappa shape index (κ3) is 5.31. The van der Waals surface area contributed by atoms with Crippen LogP contribution in [0.1, 0.15) is 48.9 Å². The first kappa shape index (κ1) is 19.9. The van der Waals surface area contributed by atoms with Crippen molar-refractivity contribution in [2.75, 3.05) is 7.11 Å². The molecule has 0 aromatic heterocycles. The van der Waals surface area contributed by atoms with E-state index in [4.69, 9.17) is 4.74 Å². The molecular weight excluding hydrogens is 348 g/mol. The maximum absolute atomic E-state index is 12.5. The van der Waals surface area contributed by atoms with Crippen molar-refractivity contribution in [3.8, 4) is 11.5 Å². The van der Waals surface area contributed by atoms with Crippen molar-refractivity contribution in [3.05, 3.63) is 23.8 Å². The van der Waals surface area contributed by atoms with Crippen LogP contribution < -0.4 is 14.8 Å². The predicted molar refractivity (Wildman–Crippen MR) is 89.7 cm³/mol. The normalized spacial score (nSPS) is 20.8. The second-order valence-electron chi connectivity index (χ2n) is 6.26. The molecule has 1 aromatic rings. The molecule has 6 nitrogen and oxygen atoms in total. The van der Waals surface area contributed by atoms with Crippen LogP contribution in [0.25, 0.3) is 0 Å². The SMILES string of the molecule is COc1cc(C(=O)NC2CCCCCCC2C(=O)O)ccc1OC(F)F. The summed E-state index contributed by atoms with van der Waals surface area (Å²) in [5.41, 5.74) is 0.190. The van der Waals surface area contributed by atoms with Crippen molar-refractivity contribution in [2.45, 2.75) is 51.2 Å². The van der Waals surface area contributed by atoms with Gasteiger partial charge in [0.2, 0.25) is 0 Å². The molecule has 1 fully saturated rings. The van der Waals surface area contributed by atoms with Gasteiger partial charge >= 0.3 is 12.6 Å². The van der Waals surface area contributed by atoms with Gasteiger partial charge in [-0.2, -0.15) is 8.78 Å². The molecule has 0 aliphatic heterocycles. The van der Waals surface area contributed by atoms with E-state index < -0.39 is 30.4 Å². The summed E-state index contributed by atoms with van der Waals surface area (Å²) in [5.74, 6) is -2.19. The molecule has 1 aromatic carbocycles. The minimum atomic E-state index is -3.00. The molecule has 2 unspecified atom stereocenters. The van der Waals surface area contributed by atoms with Crippen molar-refractivity contribution >= 4 is 11.9 Å². The molecule has 0 radical (unpaired) electrons. The first-order valence-corrected chi connectivity index (χ1v) is 8.59. The van der Waals surface area contributed by atoms with E-state index in [-0.39, 0.29) is 17.1 Å². The Morgan fingerprint density at radius 3 is 2.46 bits per heavy atom. The molecular formula is C18H23F2NO5. The third-order valence-electron chi connectivity index (χ3n) is 4.54. The number of halogens is 2. The van der Waals surface area contributed by atoms with Crippen LogP contribution in [0.15, 0.2) is 18.2 Å². The summed E-state index contributed by atoms with van der Waals surface area (Å²) in [5, 5.41) is 12.2. The molecule has 2 rings (SSSR count). The molecule has 2 atom stereocenters. The fraction of sp³-hybridized carbons (Fsp3) is 0.556. The molecule has 26 heavy (non-hydrogen) atoms. The summed E-state index contributed by atoms with van der Waals surface area (Å²) in [4.78, 5) is 24.1. The minimum Gasteiger partial charge on any atom is -0.493 e. The number of benzene rings is 1. The Hall–Kier alpha value is -2.38. The van der Waals surface area contributed by atoms with Gasteiger partial charge in [-0.05, 0) is 31.0 Å². The Labute approximate surface area is 150 Å². The number of carbonyl (C=O) groups excluding carboxylic acids is 1. The standard InChI is InChI=1S/C18H23F2NO5/c1-25-15-10-11(8-9-14(15)26-18(19)20)16(22)21-13-7-5-3-2-4-6-12(13)17(23)24/h8-10,12-13,18H,2-7H2,1H3,(H,21,22)(H,23,24). The van der Waals surface area contributed by atoms with Crippen molar-refractivity contribution in [1.82, 2.24) is 5.32 Å². The van der Waals surface area contributed by atoms with Gasteiger partial charge in [0.25, 0.3) is 5.91 Å². The number of methoxy groups -OCH3 is 1. The quantitative estimate of drug-likeness (QED) is 0.800. The lowest BCUT2D eigenvalue weighted by Gasteiger charge is -2.27. The smallest absolute Gasteiger partial charge is 0.387 e. The zero-order chi connectivity index (χ0) is 19.1. The van der Waals surface area contributed by atoms with Gasteiger partial charge in [-0.25, -0.2) is 0 Å². The zero-order valence-corrected chi connectivity index (χ0v) is 14.5. The Morgan fingerprint density at radius 2 is 1.85 bits per heavy atom. The van der Waals surface area contributed by atoms with Gasteiger partial charge in [0, 0.05) is 11.6 Å². The van der Waals surface area contributed by atoms with Gasteiger partial charge in [-0.3, -0.25) is 9.59 Å². The van der Waals surface area contributed by atoms with Crippen LogP contribution in [0.3, 0.4) is 0 Å². The number of hydrogen-bond donors (Lipinski definition) is 2. The van der Waals surface area contributed by atoms with E-state index in [0.717, 1.165) is 25.7 Å². The number of ether oxygens (including phenoxy) is 2. The largest absolute Gasteiger partial charge is 0.493 e. The summed E-state index contributed by atoms with van der Waals surface area (Å²) in [7, 11) is 1.28. The Kier molecular flexibility index (Phi) is 7.17. The summed E-state index contributed by atoms with van der Waals surface area (Å²) in [6.07, 6.45) is 4.77. The van der Waals surface area contributed by atoms with Gasteiger partial charge < -0.3 is 19.9 Å². The number of nitrogens with one attached hydrogen (secondary N) is 1. The fourth-order valence-electron chi connectivity index (χ4n) is 3.21. The van der Waals surface area contributed by atoms with Crippen LogP contribution >= 0.6 is 0 Å². The fourth-order valence-corrected chi connectivity index (χ4v) is 3.21. The highest BCUT2D eigenvalue weighted by Crippen LogP contribution is 2.30. The minimum absolute atomic E-state index is 0.00500. The molecule has 1 saturated carbocycles. The first-order chi connectivity index (χ1) is 12.4. The van der Waals surface area contributed by atoms with E-state index in [1.165, 1.54) is 25.3 Å². The summed E-state index contributed by atoms with van der Waals surface area (Å²) in [6, 6.07) is 3.40. The molecule has 1 aliphatic carbocycles. The average Bonchev–Trinajstić information content (AvgIpc) is 2.56. The third-order valence-corrected chi connectivity index (χ3v) is 4.54. The molecule has 1 amide bonds. The van der Waals surface area contributed by atoms with Crippen LogP contribution in [-0.4, -0.2) is 36.7 Å². The highest BCUT2D eigenvalue weighted by atomic mass is 19.3. The van der Waals surface area contributed by atoms with Gasteiger partial charge in [-0.15, -0.1) is 0 Å². The molecule has 1 aliphatic rings. The van der Waals surface area contributed by atoms with E-state index >= 15 is 0 Å². The van der Waals surface area contributed by atoms with Gasteiger partial charge in [0.15, 0.2) is 11.5 Å². The van der Waals surface area contributed by atoms with E-state index in [1.807, 2.05) is 0 Å². The van der Waals surface area contributed by atoms with Crippen molar-refractivity contribution in [3.63, 3.8) is 0 Å². The highest BCUT2D eigenvalue weighted by molar-refractivity contribution is 5.95. The van der Waals surface area contributed by atoms with E-state index in [1.54, 1.807) is 0 Å². The maximum atomic E-state index is 12.5. The van der Waals surface area contributed by atoms with Gasteiger partial charge in [0.05, 0.1) is 13.0 Å². The maximum Gasteiger partial charge on any atom is 0.387 e. The van der Waals surface area contributed by atoms with Crippen LogP contribution in [0, 0.1) is 5.92 Å². The Balaban J connectivity index is 2.15. The van der Waals surface area contributed by atoms with Crippen LogP contribution in [0.2, 0.25) is 0 Å². The molecule has 2 N–H and O–H groups in total. The number of carboxylic acids is 1. The van der Waals surface area contributed by atoms with Crippen molar-refractivity contribution in [2.24, 2.45) is 5.92 Å². The monoisotopic (exact) mass is 371 g/mol. The van der Waals surface area contributed by atoms with Gasteiger partial charge in [0.1, 0.15) is 0 Å². The summed E-state index contributed by atoms with van der Waals surface area (Å²) < 4.78 is 34.1. The second-order valence-corrected chi connectivity index (χ2v) is 6.26. The number of alkyl halides is 2. The first-order valence-electron chi connectivity index (χ1n) is 8.59. The van der Waals surface area contributed by atoms with Gasteiger partial charge in [-0.1, -0.05) is 25.7 Å². The summed E-state index contributed by atoms with van der Waals surface area (Å²) in [6.45, 7) is -3.00. The highest BCUT2D eigenvalue weighted by Gasteiger charge is 2.30. The molecule has 0 spiro atoms. The molecule has 0 bridgehead atoms. The Morgan fingerprint density at radius 1 is 1.15 bits per heavy atom. The second kappa shape index (κ2) is 9.35. The number of hydrogen-bond acceptors (Lipinski definition) is 4. The molecule has 144 valence electrons. The number of rotatable bonds is 6. The number of carboxylic acid groups (broad SMARTS) is 1. The van der Waals surface area contributed by atoms with Crippen LogP contribution in [0.4, 0.5) is 8.78 Å². The number of carbonyl (C=O) groups is 2. The van der Waals surface area contributed by atoms with Crippen LogP contribution in [0.5, 0.6) is 11.5 Å². The average molecular weight is 371 g/mol. The van der Waals surface area contributed by atoms with E-state index in [0.29, 0.717) is 12.8 Å². The lowest BCUT2D eigenvalue weighted by molar-refractivity contribution is -0.143. The lowest BCUT2D eigenvalue weighted by Crippen LogP contribution is -2.43. The van der Waals surface area contributed by atoms with Crippen molar-refractivity contribution in [1.29, 1.82) is 0 Å². The van der Waals surface area contributed by atoms with E-state index in [9.17, 15) is 23.5 Å². The lowest BCUT2D eigenvalue weighted by atomic mass is 9.86. The summed E-state index contributed by atoms with van der Waals surface area (Å²) >= 11 is 0. The Bertz CT molecular complexity index is 638. The van der Waals surface area contributed by atoms with E-state index in [2.05, 4.69) is 10.1 Å². The number of amides is 1. The molecule has 8 heteroatoms. The topological polar surface area (TPSA) is 84.9 Å². The van der Waals surface area contributed by atoms with Crippen molar-refractivity contribution < 1.29 is 33.0 Å². The zero-order valence-electron chi connectivity index (χ0n) is 14.5. The predicted octanol–water partition coefficient (Wildman–Crippen LogP) is 3.45. The van der Waals surface area contributed by atoms with Crippen LogP contribution in [-0.2, 0) is 4.79 Å². The number of aliphatic carboxylic acids is 1. The molecule has 0 saturated heterocycles. The molecule has 0 heterocycles.